The minimum atomic E-state index is -0.589. The molecule has 0 aromatic heterocycles. The maximum atomic E-state index is 13.9. The van der Waals surface area contributed by atoms with Crippen LogP contribution in [-0.4, -0.2) is 59.8 Å². The summed E-state index contributed by atoms with van der Waals surface area (Å²) in [5, 5.41) is 13.9. The molecule has 0 atom stereocenters. The topological polar surface area (TPSA) is 122 Å². The summed E-state index contributed by atoms with van der Waals surface area (Å²) < 4.78 is 19.2. The summed E-state index contributed by atoms with van der Waals surface area (Å²) in [5.41, 5.74) is -0.0381. The van der Waals surface area contributed by atoms with Gasteiger partial charge in [0.1, 0.15) is 18.1 Å². The molecule has 0 unspecified atom stereocenters. The smallest absolute Gasteiger partial charge is 0.271 e. The molecule has 2 aromatic carbocycles. The standard InChI is InChI=1S/C22H21FN4O6/c23-17-4-2-1-3-16(17)22(30)25-9-7-14(8-10-25)24-20(28)12-26-18-11-15(27(31)32)5-6-19(18)33-13-21(26)29/h1-6,11,14H,7-10,12-13H2,(H,24,28). The second-order valence-electron chi connectivity index (χ2n) is 7.79. The van der Waals surface area contributed by atoms with E-state index in [9.17, 15) is 28.9 Å². The van der Waals surface area contributed by atoms with E-state index in [0.717, 1.165) is 4.90 Å². The highest BCUT2D eigenvalue weighted by molar-refractivity contribution is 6.02. The third-order valence-corrected chi connectivity index (χ3v) is 5.65. The number of hydrogen-bond acceptors (Lipinski definition) is 6. The van der Waals surface area contributed by atoms with Gasteiger partial charge in [0.15, 0.2) is 6.61 Å². The van der Waals surface area contributed by atoms with Gasteiger partial charge in [0, 0.05) is 31.3 Å². The fourth-order valence-electron chi connectivity index (χ4n) is 3.93. The van der Waals surface area contributed by atoms with Gasteiger partial charge in [-0.15, -0.1) is 0 Å². The Hall–Kier alpha value is -4.02. The van der Waals surface area contributed by atoms with Crippen molar-refractivity contribution in [1.29, 1.82) is 0 Å². The minimum absolute atomic E-state index is 0.0126. The monoisotopic (exact) mass is 456 g/mol. The van der Waals surface area contributed by atoms with Crippen molar-refractivity contribution in [3.63, 3.8) is 0 Å². The van der Waals surface area contributed by atoms with Crippen LogP contribution in [-0.2, 0) is 9.59 Å². The van der Waals surface area contributed by atoms with Crippen LogP contribution in [0.5, 0.6) is 5.75 Å². The molecule has 0 radical (unpaired) electrons. The van der Waals surface area contributed by atoms with Gasteiger partial charge in [0.25, 0.3) is 17.5 Å². The fourth-order valence-corrected chi connectivity index (χ4v) is 3.93. The number of nitrogens with zero attached hydrogens (tertiary/aromatic N) is 3. The van der Waals surface area contributed by atoms with Gasteiger partial charge >= 0.3 is 0 Å². The van der Waals surface area contributed by atoms with Crippen molar-refractivity contribution in [2.75, 3.05) is 31.1 Å². The third kappa shape index (κ3) is 4.76. The van der Waals surface area contributed by atoms with Crippen molar-refractivity contribution in [3.8, 4) is 5.75 Å². The molecule has 2 heterocycles. The zero-order valence-corrected chi connectivity index (χ0v) is 17.5. The Bertz CT molecular complexity index is 1120. The maximum absolute atomic E-state index is 13.9. The van der Waals surface area contributed by atoms with Crippen LogP contribution in [0, 0.1) is 15.9 Å². The van der Waals surface area contributed by atoms with Gasteiger partial charge in [-0.25, -0.2) is 4.39 Å². The first-order chi connectivity index (χ1) is 15.8. The van der Waals surface area contributed by atoms with E-state index >= 15 is 0 Å². The summed E-state index contributed by atoms with van der Waals surface area (Å²) in [6.45, 7) is 0.118. The molecule has 0 aliphatic carbocycles. The Kier molecular flexibility index (Phi) is 6.20. The number of fused-ring (bicyclic) bond motifs is 1. The van der Waals surface area contributed by atoms with Gasteiger partial charge in [0.2, 0.25) is 5.91 Å². The lowest BCUT2D eigenvalue weighted by Gasteiger charge is -2.33. The summed E-state index contributed by atoms with van der Waals surface area (Å²) in [7, 11) is 0. The van der Waals surface area contributed by atoms with E-state index in [2.05, 4.69) is 5.32 Å². The summed E-state index contributed by atoms with van der Waals surface area (Å²) in [6.07, 6.45) is 0.954. The van der Waals surface area contributed by atoms with Crippen LogP contribution in [0.1, 0.15) is 23.2 Å². The largest absolute Gasteiger partial charge is 0.482 e. The average molecular weight is 456 g/mol. The molecular formula is C22H21FN4O6. The number of anilines is 1. The highest BCUT2D eigenvalue weighted by Gasteiger charge is 2.31. The number of non-ortho nitro benzene ring substituents is 1. The van der Waals surface area contributed by atoms with E-state index < -0.39 is 28.5 Å². The molecule has 10 nitrogen and oxygen atoms in total. The van der Waals surface area contributed by atoms with Crippen molar-refractivity contribution in [3.05, 3.63) is 64.0 Å². The van der Waals surface area contributed by atoms with Gasteiger partial charge in [-0.2, -0.15) is 0 Å². The molecular weight excluding hydrogens is 435 g/mol. The van der Waals surface area contributed by atoms with Crippen molar-refractivity contribution in [2.45, 2.75) is 18.9 Å². The van der Waals surface area contributed by atoms with Gasteiger partial charge in [-0.3, -0.25) is 29.4 Å². The molecule has 2 aliphatic heterocycles. The van der Waals surface area contributed by atoms with E-state index in [1.807, 2.05) is 0 Å². The Balaban J connectivity index is 1.35. The number of hydrogen-bond donors (Lipinski definition) is 1. The summed E-state index contributed by atoms with van der Waals surface area (Å²) in [6, 6.07) is 9.44. The Morgan fingerprint density at radius 3 is 2.61 bits per heavy atom. The Morgan fingerprint density at radius 2 is 1.91 bits per heavy atom. The van der Waals surface area contributed by atoms with Crippen molar-refractivity contribution in [2.24, 2.45) is 0 Å². The SMILES string of the molecule is O=C(CN1C(=O)COc2ccc([N+](=O)[O-])cc21)NC1CCN(C(=O)c2ccccc2F)CC1. The number of amides is 3. The average Bonchev–Trinajstić information content (AvgIpc) is 2.81. The molecule has 33 heavy (non-hydrogen) atoms. The number of carbonyl (C=O) groups is 3. The molecule has 0 saturated carbocycles. The Labute approximate surface area is 188 Å². The molecule has 2 aliphatic rings. The first-order valence-electron chi connectivity index (χ1n) is 10.4. The lowest BCUT2D eigenvalue weighted by atomic mass is 10.0. The molecule has 2 aromatic rings. The van der Waals surface area contributed by atoms with Gasteiger partial charge < -0.3 is 15.0 Å². The maximum Gasteiger partial charge on any atom is 0.271 e. The van der Waals surface area contributed by atoms with Crippen LogP contribution in [0.4, 0.5) is 15.8 Å². The van der Waals surface area contributed by atoms with Crippen LogP contribution in [0.25, 0.3) is 0 Å². The molecule has 1 fully saturated rings. The summed E-state index contributed by atoms with van der Waals surface area (Å²) in [5.74, 6) is -1.60. The van der Waals surface area contributed by atoms with E-state index in [1.165, 1.54) is 36.4 Å². The van der Waals surface area contributed by atoms with E-state index in [0.29, 0.717) is 25.9 Å². The molecule has 1 N–H and O–H groups in total. The molecule has 1 saturated heterocycles. The van der Waals surface area contributed by atoms with Crippen LogP contribution in [0.2, 0.25) is 0 Å². The highest BCUT2D eigenvalue weighted by Crippen LogP contribution is 2.35. The van der Waals surface area contributed by atoms with E-state index in [-0.39, 0.29) is 41.9 Å². The molecule has 3 amide bonds. The molecule has 11 heteroatoms. The van der Waals surface area contributed by atoms with Gasteiger partial charge in [0.05, 0.1) is 16.2 Å². The second-order valence-corrected chi connectivity index (χ2v) is 7.79. The number of ether oxygens (including phenoxy) is 1. The lowest BCUT2D eigenvalue weighted by Crippen LogP contribution is -2.50. The lowest BCUT2D eigenvalue weighted by molar-refractivity contribution is -0.384. The molecule has 4 rings (SSSR count). The van der Waals surface area contributed by atoms with Crippen LogP contribution >= 0.6 is 0 Å². The van der Waals surface area contributed by atoms with Crippen LogP contribution in [0.15, 0.2) is 42.5 Å². The van der Waals surface area contributed by atoms with E-state index in [1.54, 1.807) is 11.0 Å². The number of nitrogens with one attached hydrogen (secondary N) is 1. The molecule has 0 spiro atoms. The predicted molar refractivity (Wildman–Crippen MR) is 114 cm³/mol. The number of nitro groups is 1. The van der Waals surface area contributed by atoms with Crippen LogP contribution < -0.4 is 15.0 Å². The third-order valence-electron chi connectivity index (χ3n) is 5.65. The molecule has 172 valence electrons. The van der Waals surface area contributed by atoms with Crippen molar-refractivity contribution in [1.82, 2.24) is 10.2 Å². The zero-order valence-electron chi connectivity index (χ0n) is 17.5. The number of likely N-dealkylation sites (tertiary alicyclic amines) is 1. The van der Waals surface area contributed by atoms with Crippen molar-refractivity contribution >= 4 is 29.1 Å². The van der Waals surface area contributed by atoms with Crippen LogP contribution in [0.3, 0.4) is 0 Å². The number of benzene rings is 2. The van der Waals surface area contributed by atoms with Gasteiger partial charge in [-0.05, 0) is 31.0 Å². The van der Waals surface area contributed by atoms with Crippen molar-refractivity contribution < 1.29 is 28.4 Å². The second kappa shape index (κ2) is 9.23. The highest BCUT2D eigenvalue weighted by atomic mass is 19.1. The minimum Gasteiger partial charge on any atom is -0.482 e. The quantitative estimate of drug-likeness (QED) is 0.542. The number of piperidine rings is 1. The number of nitro benzene ring substituents is 1. The first-order valence-corrected chi connectivity index (χ1v) is 10.4. The fraction of sp³-hybridized carbons (Fsp3) is 0.318. The number of carbonyl (C=O) groups excluding carboxylic acids is 3. The Morgan fingerprint density at radius 1 is 1.18 bits per heavy atom. The van der Waals surface area contributed by atoms with E-state index in [4.69, 9.17) is 4.74 Å². The zero-order chi connectivity index (χ0) is 23.5. The summed E-state index contributed by atoms with van der Waals surface area (Å²) >= 11 is 0. The first kappa shape index (κ1) is 22.2. The normalized spacial score (nSPS) is 16.1. The molecule has 0 bridgehead atoms. The predicted octanol–water partition coefficient (Wildman–Crippen LogP) is 1.88. The number of rotatable bonds is 5. The van der Waals surface area contributed by atoms with Gasteiger partial charge in [-0.1, -0.05) is 12.1 Å². The number of halogens is 1. The summed E-state index contributed by atoms with van der Waals surface area (Å²) in [4.78, 5) is 50.7.